The summed E-state index contributed by atoms with van der Waals surface area (Å²) in [6.45, 7) is 2.47. The van der Waals surface area contributed by atoms with Crippen LogP contribution in [0.1, 0.15) is 1.43 Å². The molecule has 0 aliphatic carbocycles. The van der Waals surface area contributed by atoms with Crippen LogP contribution in [0, 0.1) is 0 Å². The number of hydrogen-bond acceptors (Lipinski definition) is 5. The van der Waals surface area contributed by atoms with Gasteiger partial charge in [-0.1, -0.05) is 0 Å². The molecule has 7 heteroatoms. The van der Waals surface area contributed by atoms with Crippen molar-refractivity contribution in [2.45, 2.75) is 0 Å². The summed E-state index contributed by atoms with van der Waals surface area (Å²) in [4.78, 5) is 0. The summed E-state index contributed by atoms with van der Waals surface area (Å²) >= 11 is -0.349. The Balaban J connectivity index is -0.000000167. The first-order chi connectivity index (χ1) is 5.41. The Morgan fingerprint density at radius 1 is 0.923 bits per heavy atom. The molecule has 0 aliphatic heterocycles. The van der Waals surface area contributed by atoms with Gasteiger partial charge < -0.3 is 6.90 Å². The second-order valence-corrected chi connectivity index (χ2v) is 2.68. The van der Waals surface area contributed by atoms with Gasteiger partial charge >= 0.3 is 103 Å². The SMILES string of the molecule is COCC[O][Al+][O]CCOC.[H-].[Na+].[OH-]. The van der Waals surface area contributed by atoms with Gasteiger partial charge in [0, 0.05) is 0 Å². The Kier molecular flexibility index (Phi) is 29.0. The van der Waals surface area contributed by atoms with Crippen LogP contribution < -0.4 is 29.6 Å². The maximum absolute atomic E-state index is 5.10. The summed E-state index contributed by atoms with van der Waals surface area (Å²) in [5.74, 6) is 0. The van der Waals surface area contributed by atoms with Crippen molar-refractivity contribution in [2.75, 3.05) is 40.6 Å². The summed E-state index contributed by atoms with van der Waals surface area (Å²) in [5.41, 5.74) is 0. The van der Waals surface area contributed by atoms with E-state index in [9.17, 15) is 0 Å². The third-order valence-electron chi connectivity index (χ3n) is 0.947. The molecule has 74 valence electrons. The van der Waals surface area contributed by atoms with Gasteiger partial charge in [-0.2, -0.15) is 0 Å². The van der Waals surface area contributed by atoms with E-state index in [2.05, 4.69) is 0 Å². The van der Waals surface area contributed by atoms with E-state index in [1.165, 1.54) is 0 Å². The number of ether oxygens (including phenoxy) is 2. The van der Waals surface area contributed by atoms with Crippen LogP contribution in [0.3, 0.4) is 0 Å². The minimum Gasteiger partial charge on any atom is -1.00 e. The summed E-state index contributed by atoms with van der Waals surface area (Å²) in [6, 6.07) is 0. The van der Waals surface area contributed by atoms with E-state index in [0.717, 1.165) is 0 Å². The molecular weight excluding hydrogens is 202 g/mol. The van der Waals surface area contributed by atoms with E-state index in [0.29, 0.717) is 26.4 Å². The van der Waals surface area contributed by atoms with Gasteiger partial charge in [0.2, 0.25) is 0 Å². The summed E-state index contributed by atoms with van der Waals surface area (Å²) < 4.78 is 19.8. The zero-order valence-corrected chi connectivity index (χ0v) is 11.6. The van der Waals surface area contributed by atoms with Gasteiger partial charge in [-0.25, -0.2) is 0 Å². The normalized spacial score (nSPS) is 8.15. The van der Waals surface area contributed by atoms with E-state index >= 15 is 0 Å². The van der Waals surface area contributed by atoms with Gasteiger partial charge in [0.05, 0.1) is 0 Å². The molecule has 0 atom stereocenters. The van der Waals surface area contributed by atoms with Crippen LogP contribution in [0.15, 0.2) is 0 Å². The third-order valence-corrected chi connectivity index (χ3v) is 1.69. The molecule has 0 rings (SSSR count). The quantitative estimate of drug-likeness (QED) is 0.317. The van der Waals surface area contributed by atoms with Crippen molar-refractivity contribution in [2.24, 2.45) is 0 Å². The van der Waals surface area contributed by atoms with Crippen molar-refractivity contribution in [3.63, 3.8) is 0 Å². The Morgan fingerprint density at radius 3 is 1.62 bits per heavy atom. The van der Waals surface area contributed by atoms with Crippen LogP contribution in [-0.4, -0.2) is 62.0 Å². The van der Waals surface area contributed by atoms with Crippen LogP contribution in [0.25, 0.3) is 0 Å². The van der Waals surface area contributed by atoms with Crippen molar-refractivity contribution in [1.82, 2.24) is 0 Å². The molecule has 0 saturated heterocycles. The van der Waals surface area contributed by atoms with Crippen molar-refractivity contribution < 1.29 is 53.5 Å². The standard InChI is InChI=1S/2C3H7O2.Al.Na.H2O.H/c2*1-5-3-2-4;;;;/h2*2-3H2,1H3;;;1H2;/q2*-1;+3;+1;;-1/p-1. The van der Waals surface area contributed by atoms with Crippen molar-refractivity contribution >= 4 is 15.9 Å². The molecule has 0 unspecified atom stereocenters. The number of methoxy groups -OCH3 is 2. The number of hydrogen-bond donors (Lipinski definition) is 0. The van der Waals surface area contributed by atoms with Gasteiger partial charge in [0.1, 0.15) is 0 Å². The first kappa shape index (κ1) is 19.8. The van der Waals surface area contributed by atoms with Crippen LogP contribution in [0.4, 0.5) is 0 Å². The van der Waals surface area contributed by atoms with Gasteiger partial charge in [-0.05, 0) is 0 Å². The monoisotopic (exact) mass is 218 g/mol. The summed E-state index contributed by atoms with van der Waals surface area (Å²) in [7, 11) is 3.29. The van der Waals surface area contributed by atoms with Crippen LogP contribution in [0.5, 0.6) is 0 Å². The molecule has 0 aromatic carbocycles. The van der Waals surface area contributed by atoms with Crippen molar-refractivity contribution in [3.05, 3.63) is 0 Å². The fourth-order valence-electron chi connectivity index (χ4n) is 0.407. The van der Waals surface area contributed by atoms with Crippen LogP contribution in [-0.2, 0) is 17.1 Å². The predicted octanol–water partition coefficient (Wildman–Crippen LogP) is -3.21. The summed E-state index contributed by atoms with van der Waals surface area (Å²) in [5, 5.41) is 0. The molecule has 0 fully saturated rings. The minimum absolute atomic E-state index is 0. The molecule has 0 amide bonds. The van der Waals surface area contributed by atoms with Gasteiger partial charge in [0.15, 0.2) is 0 Å². The zero-order chi connectivity index (χ0) is 8.36. The van der Waals surface area contributed by atoms with E-state index < -0.39 is 0 Å². The van der Waals surface area contributed by atoms with Crippen LogP contribution >= 0.6 is 0 Å². The molecule has 0 aromatic heterocycles. The van der Waals surface area contributed by atoms with Gasteiger partial charge in [-0.15, -0.1) is 0 Å². The van der Waals surface area contributed by atoms with E-state index in [-0.39, 0.29) is 52.3 Å². The van der Waals surface area contributed by atoms with E-state index in [4.69, 9.17) is 17.1 Å². The molecule has 0 bridgehead atoms. The average Bonchev–Trinajstić information content (AvgIpc) is 2.03. The first-order valence-corrected chi connectivity index (χ1v) is 4.39. The largest absolute Gasteiger partial charge is 1.00 e. The molecule has 0 spiro atoms. The maximum atomic E-state index is 5.10. The zero-order valence-electron chi connectivity index (χ0n) is 9.49. The molecule has 5 nitrogen and oxygen atoms in total. The molecule has 0 aromatic rings. The molecule has 1 N–H and O–H groups in total. The minimum atomic E-state index is -0.349. The fourth-order valence-corrected chi connectivity index (χ4v) is 0.888. The molecule has 0 radical (unpaired) electrons. The first-order valence-electron chi connectivity index (χ1n) is 3.44. The Hall–Kier alpha value is 1.33. The van der Waals surface area contributed by atoms with Gasteiger partial charge in [-0.3, -0.25) is 0 Å². The maximum Gasteiger partial charge on any atom is 1.00 e. The fraction of sp³-hybridized carbons (Fsp3) is 1.00. The molecule has 0 heterocycles. The molecular formula is C6H16AlNaO5. The third kappa shape index (κ3) is 19.7. The average molecular weight is 218 g/mol. The van der Waals surface area contributed by atoms with Crippen LogP contribution in [0.2, 0.25) is 0 Å². The Labute approximate surface area is 110 Å². The second-order valence-electron chi connectivity index (χ2n) is 1.82. The van der Waals surface area contributed by atoms with E-state index in [1.54, 1.807) is 14.2 Å². The topological polar surface area (TPSA) is 66.9 Å². The molecule has 0 saturated carbocycles. The summed E-state index contributed by atoms with van der Waals surface area (Å²) in [6.07, 6.45) is 0. The molecule has 13 heavy (non-hydrogen) atoms. The smallest absolute Gasteiger partial charge is 1.00 e. The number of rotatable bonds is 8. The predicted molar refractivity (Wildman–Crippen MR) is 44.5 cm³/mol. The Bertz CT molecular complexity index is 75.2. The molecule has 0 aliphatic rings. The van der Waals surface area contributed by atoms with Crippen molar-refractivity contribution in [1.29, 1.82) is 0 Å². The Morgan fingerprint density at radius 2 is 1.31 bits per heavy atom. The second kappa shape index (κ2) is 19.0. The van der Waals surface area contributed by atoms with E-state index in [1.807, 2.05) is 0 Å². The van der Waals surface area contributed by atoms with Gasteiger partial charge in [0.25, 0.3) is 0 Å². The van der Waals surface area contributed by atoms with Crippen molar-refractivity contribution in [3.8, 4) is 0 Å².